The second kappa shape index (κ2) is 8.56. The Hall–Kier alpha value is -1.69. The Labute approximate surface area is 123 Å². The van der Waals surface area contributed by atoms with Gasteiger partial charge in [-0.15, -0.1) is 0 Å². The molecular weight excluding hydrogens is 280 g/mol. The summed E-state index contributed by atoms with van der Waals surface area (Å²) in [6.45, 7) is 0.869. The number of nitrogens with zero attached hydrogens (tertiary/aromatic N) is 1. The topological polar surface area (TPSA) is 49.8 Å². The van der Waals surface area contributed by atoms with Crippen molar-refractivity contribution in [1.82, 2.24) is 4.90 Å². The molecule has 1 rings (SSSR count). The number of rotatable bonds is 8. The highest BCUT2D eigenvalue weighted by molar-refractivity contribution is 5.97. The molecule has 4 nitrogen and oxygen atoms in total. The monoisotopic (exact) mass is 301 g/mol. The van der Waals surface area contributed by atoms with Crippen LogP contribution in [0, 0.1) is 0 Å². The zero-order valence-electron chi connectivity index (χ0n) is 12.3. The quantitative estimate of drug-likeness (QED) is 0.803. The van der Waals surface area contributed by atoms with Crippen molar-refractivity contribution < 1.29 is 23.4 Å². The van der Waals surface area contributed by atoms with Crippen molar-refractivity contribution in [3.8, 4) is 5.75 Å². The minimum Gasteiger partial charge on any atom is -0.434 e. The molecule has 1 aromatic rings. The van der Waals surface area contributed by atoms with Crippen LogP contribution in [0.2, 0.25) is 0 Å². The first-order chi connectivity index (χ1) is 10.0. The molecule has 1 N–H and O–H groups in total. The molecule has 0 aliphatic rings. The van der Waals surface area contributed by atoms with Gasteiger partial charge in [0.1, 0.15) is 5.75 Å². The number of hydrogen-bond acceptors (Lipinski definition) is 3. The lowest BCUT2D eigenvalue weighted by molar-refractivity contribution is -0.0503. The van der Waals surface area contributed by atoms with Gasteiger partial charge in [-0.2, -0.15) is 8.78 Å². The van der Waals surface area contributed by atoms with Gasteiger partial charge in [0.15, 0.2) is 0 Å². The average molecular weight is 301 g/mol. The highest BCUT2D eigenvalue weighted by Gasteiger charge is 2.25. The lowest BCUT2D eigenvalue weighted by Crippen LogP contribution is -2.41. The van der Waals surface area contributed by atoms with Crippen LogP contribution >= 0.6 is 0 Å². The summed E-state index contributed by atoms with van der Waals surface area (Å²) in [4.78, 5) is 14.1. The van der Waals surface area contributed by atoms with Gasteiger partial charge < -0.3 is 14.7 Å². The molecule has 0 bridgehead atoms. The van der Waals surface area contributed by atoms with Crippen molar-refractivity contribution in [2.24, 2.45) is 0 Å². The van der Waals surface area contributed by atoms with Gasteiger partial charge in [-0.1, -0.05) is 26.0 Å². The Morgan fingerprint density at radius 1 is 1.29 bits per heavy atom. The van der Waals surface area contributed by atoms with Crippen LogP contribution in [0.5, 0.6) is 5.75 Å². The van der Waals surface area contributed by atoms with E-state index in [1.165, 1.54) is 23.1 Å². The van der Waals surface area contributed by atoms with Crippen molar-refractivity contribution in [1.29, 1.82) is 0 Å². The fourth-order valence-electron chi connectivity index (χ4n) is 2.28. The van der Waals surface area contributed by atoms with E-state index in [9.17, 15) is 13.6 Å². The van der Waals surface area contributed by atoms with Crippen LogP contribution in [0.25, 0.3) is 0 Å². The Morgan fingerprint density at radius 3 is 2.43 bits per heavy atom. The summed E-state index contributed by atoms with van der Waals surface area (Å²) in [5.41, 5.74) is 0.0816. The number of para-hydroxylation sites is 1. The van der Waals surface area contributed by atoms with Gasteiger partial charge in [0.25, 0.3) is 5.91 Å². The summed E-state index contributed by atoms with van der Waals surface area (Å²) < 4.78 is 29.2. The van der Waals surface area contributed by atoms with Crippen LogP contribution in [0.1, 0.15) is 37.0 Å². The molecule has 0 atom stereocenters. The van der Waals surface area contributed by atoms with Crippen LogP contribution in [-0.4, -0.2) is 41.7 Å². The third kappa shape index (κ3) is 4.67. The smallest absolute Gasteiger partial charge is 0.387 e. The van der Waals surface area contributed by atoms with E-state index in [0.29, 0.717) is 0 Å². The Balaban J connectivity index is 3.08. The first-order valence-electron chi connectivity index (χ1n) is 7.00. The largest absolute Gasteiger partial charge is 0.434 e. The molecule has 0 saturated heterocycles. The van der Waals surface area contributed by atoms with E-state index in [4.69, 9.17) is 5.11 Å². The SMILES string of the molecule is CCC(CC)N(CCO)C(=O)c1ccccc1OC(F)F. The summed E-state index contributed by atoms with van der Waals surface area (Å²) in [6, 6.07) is 5.86. The van der Waals surface area contributed by atoms with E-state index in [1.54, 1.807) is 6.07 Å². The number of carbonyl (C=O) groups is 1. The van der Waals surface area contributed by atoms with Gasteiger partial charge in [0, 0.05) is 12.6 Å². The van der Waals surface area contributed by atoms with Crippen LogP contribution in [0.4, 0.5) is 8.78 Å². The van der Waals surface area contributed by atoms with Gasteiger partial charge in [-0.3, -0.25) is 4.79 Å². The highest BCUT2D eigenvalue weighted by Crippen LogP contribution is 2.23. The van der Waals surface area contributed by atoms with Gasteiger partial charge in [-0.25, -0.2) is 0 Å². The first kappa shape index (κ1) is 17.4. The van der Waals surface area contributed by atoms with E-state index < -0.39 is 12.5 Å². The average Bonchev–Trinajstić information content (AvgIpc) is 2.47. The van der Waals surface area contributed by atoms with Crippen LogP contribution < -0.4 is 4.74 Å². The molecule has 0 aliphatic carbocycles. The number of ether oxygens (including phenoxy) is 1. The number of alkyl halides is 2. The standard InChI is InChI=1S/C15H21F2NO3/c1-3-11(4-2)18(9-10-19)14(20)12-7-5-6-8-13(12)21-15(16)17/h5-8,11,15,19H,3-4,9-10H2,1-2H3. The van der Waals surface area contributed by atoms with E-state index in [2.05, 4.69) is 4.74 Å². The number of amides is 1. The molecule has 118 valence electrons. The highest BCUT2D eigenvalue weighted by atomic mass is 19.3. The molecule has 1 aromatic carbocycles. The number of benzene rings is 1. The van der Waals surface area contributed by atoms with Gasteiger partial charge >= 0.3 is 6.61 Å². The molecule has 0 aromatic heterocycles. The summed E-state index contributed by atoms with van der Waals surface area (Å²) in [5, 5.41) is 9.14. The Bertz CT molecular complexity index is 450. The number of aliphatic hydroxyl groups excluding tert-OH is 1. The lowest BCUT2D eigenvalue weighted by atomic mass is 10.1. The van der Waals surface area contributed by atoms with Gasteiger partial charge in [0.2, 0.25) is 0 Å². The second-order valence-corrected chi connectivity index (χ2v) is 4.57. The first-order valence-corrected chi connectivity index (χ1v) is 7.00. The van der Waals surface area contributed by atoms with Crippen molar-refractivity contribution in [2.45, 2.75) is 39.3 Å². The van der Waals surface area contributed by atoms with Crippen molar-refractivity contribution in [3.63, 3.8) is 0 Å². The molecule has 0 saturated carbocycles. The maximum Gasteiger partial charge on any atom is 0.387 e. The Morgan fingerprint density at radius 2 is 1.90 bits per heavy atom. The minimum absolute atomic E-state index is 0.0516. The third-order valence-corrected chi connectivity index (χ3v) is 3.32. The summed E-state index contributed by atoms with van der Waals surface area (Å²) in [5.74, 6) is -0.555. The van der Waals surface area contributed by atoms with E-state index in [1.807, 2.05) is 13.8 Å². The molecule has 0 spiro atoms. The summed E-state index contributed by atoms with van der Waals surface area (Å²) in [6.07, 6.45) is 1.44. The molecule has 0 fully saturated rings. The molecule has 0 aliphatic heterocycles. The zero-order chi connectivity index (χ0) is 15.8. The minimum atomic E-state index is -2.99. The second-order valence-electron chi connectivity index (χ2n) is 4.57. The Kier molecular flexibility index (Phi) is 7.08. The van der Waals surface area contributed by atoms with E-state index in [0.717, 1.165) is 12.8 Å². The van der Waals surface area contributed by atoms with Crippen LogP contribution in [0.3, 0.4) is 0 Å². The fourth-order valence-corrected chi connectivity index (χ4v) is 2.28. The predicted octanol–water partition coefficient (Wildman–Crippen LogP) is 2.91. The number of carbonyl (C=O) groups excluding carboxylic acids is 1. The fraction of sp³-hybridized carbons (Fsp3) is 0.533. The molecule has 6 heteroatoms. The van der Waals surface area contributed by atoms with Gasteiger partial charge in [0.05, 0.1) is 12.2 Å². The maximum atomic E-state index is 12.6. The maximum absolute atomic E-state index is 12.6. The van der Waals surface area contributed by atoms with Gasteiger partial charge in [-0.05, 0) is 25.0 Å². The van der Waals surface area contributed by atoms with Crippen molar-refractivity contribution in [2.75, 3.05) is 13.2 Å². The number of hydrogen-bond donors (Lipinski definition) is 1. The molecular formula is C15H21F2NO3. The van der Waals surface area contributed by atoms with E-state index in [-0.39, 0.29) is 30.5 Å². The van der Waals surface area contributed by atoms with E-state index >= 15 is 0 Å². The summed E-state index contributed by atoms with van der Waals surface area (Å²) in [7, 11) is 0. The van der Waals surface area contributed by atoms with Crippen molar-refractivity contribution in [3.05, 3.63) is 29.8 Å². The molecule has 0 heterocycles. The van der Waals surface area contributed by atoms with Crippen molar-refractivity contribution >= 4 is 5.91 Å². The molecule has 1 amide bonds. The number of aliphatic hydroxyl groups is 1. The molecule has 0 radical (unpaired) electrons. The van der Waals surface area contributed by atoms with Crippen LogP contribution in [0.15, 0.2) is 24.3 Å². The lowest BCUT2D eigenvalue weighted by Gasteiger charge is -2.30. The molecule has 0 unspecified atom stereocenters. The normalized spacial score (nSPS) is 11.0. The summed E-state index contributed by atoms with van der Waals surface area (Å²) >= 11 is 0. The number of halogens is 2. The molecule has 21 heavy (non-hydrogen) atoms. The van der Waals surface area contributed by atoms with Crippen LogP contribution in [-0.2, 0) is 0 Å². The zero-order valence-corrected chi connectivity index (χ0v) is 12.3. The third-order valence-electron chi connectivity index (χ3n) is 3.32. The predicted molar refractivity (Wildman–Crippen MR) is 75.6 cm³/mol.